The number of hydrogen-bond donors (Lipinski definition) is 2. The number of nitro groups is 1. The van der Waals surface area contributed by atoms with Crippen LogP contribution in [0.15, 0.2) is 30.3 Å². The van der Waals surface area contributed by atoms with E-state index in [9.17, 15) is 14.9 Å². The molecule has 0 aliphatic heterocycles. The minimum atomic E-state index is -0.487. The molecule has 0 unspecified atom stereocenters. The van der Waals surface area contributed by atoms with Gasteiger partial charge in [-0.05, 0) is 37.7 Å². The number of nitrogens with zero attached hydrogens (tertiary/aromatic N) is 1. The zero-order chi connectivity index (χ0) is 15.1. The number of nitro benzene ring substituents is 1. The van der Waals surface area contributed by atoms with Crippen molar-refractivity contribution in [3.63, 3.8) is 0 Å². The lowest BCUT2D eigenvalue weighted by atomic mass is 10.2. The fraction of sp³-hybridized carbons (Fsp3) is 0.231. The van der Waals surface area contributed by atoms with E-state index in [1.165, 1.54) is 24.3 Å². The van der Waals surface area contributed by atoms with E-state index in [0.29, 0.717) is 5.56 Å². The van der Waals surface area contributed by atoms with Crippen molar-refractivity contribution in [2.24, 2.45) is 0 Å². The molecular weight excluding hydrogens is 278 g/mol. The Morgan fingerprint density at radius 3 is 2.75 bits per heavy atom. The number of non-ortho nitro benzene ring substituents is 1. The molecule has 0 heterocycles. The van der Waals surface area contributed by atoms with Gasteiger partial charge in [-0.15, -0.1) is 0 Å². The van der Waals surface area contributed by atoms with Gasteiger partial charge in [-0.25, -0.2) is 0 Å². The van der Waals surface area contributed by atoms with Gasteiger partial charge in [0.25, 0.3) is 5.69 Å². The maximum Gasteiger partial charge on any atom is 0.270 e. The molecule has 0 saturated heterocycles. The van der Waals surface area contributed by atoms with Gasteiger partial charge < -0.3 is 5.32 Å². The van der Waals surface area contributed by atoms with Crippen LogP contribution >= 0.6 is 12.2 Å². The number of nitrogens with one attached hydrogen (secondary N) is 2. The zero-order valence-electron chi connectivity index (χ0n) is 11.1. The molecule has 0 radical (unpaired) electrons. The third kappa shape index (κ3) is 5.57. The maximum atomic E-state index is 11.6. The first-order chi connectivity index (χ1) is 9.38. The molecule has 1 rings (SSSR count). The van der Waals surface area contributed by atoms with Gasteiger partial charge in [0.15, 0.2) is 5.11 Å². The summed E-state index contributed by atoms with van der Waals surface area (Å²) in [6, 6.07) is 6.12. The summed E-state index contributed by atoms with van der Waals surface area (Å²) in [7, 11) is 0. The van der Waals surface area contributed by atoms with Gasteiger partial charge in [0, 0.05) is 24.3 Å². The molecule has 106 valence electrons. The molecule has 0 bridgehead atoms. The van der Waals surface area contributed by atoms with Crippen LogP contribution in [-0.2, 0) is 4.79 Å². The predicted molar refractivity (Wildman–Crippen MR) is 81.1 cm³/mol. The normalized spacial score (nSPS) is 10.6. The Balaban J connectivity index is 2.63. The van der Waals surface area contributed by atoms with Gasteiger partial charge in [-0.2, -0.15) is 0 Å². The lowest BCUT2D eigenvalue weighted by Gasteiger charge is -2.10. The van der Waals surface area contributed by atoms with E-state index in [0.717, 1.165) is 0 Å². The van der Waals surface area contributed by atoms with E-state index in [-0.39, 0.29) is 16.8 Å². The smallest absolute Gasteiger partial charge is 0.270 e. The van der Waals surface area contributed by atoms with Crippen molar-refractivity contribution in [3.05, 3.63) is 46.0 Å². The summed E-state index contributed by atoms with van der Waals surface area (Å²) in [4.78, 5) is 21.7. The highest BCUT2D eigenvalue weighted by molar-refractivity contribution is 7.80. The molecule has 1 amide bonds. The second kappa shape index (κ2) is 7.34. The van der Waals surface area contributed by atoms with E-state index in [1.807, 2.05) is 13.8 Å². The average Bonchev–Trinajstić information content (AvgIpc) is 2.35. The average molecular weight is 293 g/mol. The summed E-state index contributed by atoms with van der Waals surface area (Å²) in [5.41, 5.74) is 0.543. The van der Waals surface area contributed by atoms with E-state index in [4.69, 9.17) is 12.2 Å². The number of thiocarbonyl (C=S) groups is 1. The lowest BCUT2D eigenvalue weighted by molar-refractivity contribution is -0.384. The monoisotopic (exact) mass is 293 g/mol. The van der Waals surface area contributed by atoms with Crippen molar-refractivity contribution in [2.75, 3.05) is 0 Å². The fourth-order valence-electron chi connectivity index (χ4n) is 1.37. The largest absolute Gasteiger partial charge is 0.360 e. The molecule has 1 aromatic carbocycles. The first-order valence-electron chi connectivity index (χ1n) is 5.92. The van der Waals surface area contributed by atoms with Crippen LogP contribution in [0.25, 0.3) is 6.08 Å². The first kappa shape index (κ1) is 15.8. The second-order valence-electron chi connectivity index (χ2n) is 4.30. The van der Waals surface area contributed by atoms with Gasteiger partial charge in [0.1, 0.15) is 0 Å². The van der Waals surface area contributed by atoms with Crippen molar-refractivity contribution in [3.8, 4) is 0 Å². The molecule has 0 aliphatic carbocycles. The summed E-state index contributed by atoms with van der Waals surface area (Å²) in [5.74, 6) is -0.394. The van der Waals surface area contributed by atoms with Gasteiger partial charge in [-0.3, -0.25) is 20.2 Å². The Morgan fingerprint density at radius 1 is 1.45 bits per heavy atom. The molecule has 20 heavy (non-hydrogen) atoms. The van der Waals surface area contributed by atoms with Crippen LogP contribution in [0, 0.1) is 10.1 Å². The van der Waals surface area contributed by atoms with Crippen LogP contribution in [0.5, 0.6) is 0 Å². The standard InChI is InChI=1S/C13H15N3O3S/c1-9(2)14-13(20)15-12(17)7-6-10-4-3-5-11(8-10)16(18)19/h3-9H,1-2H3,(H2,14,15,17,20)/b7-6+. The summed E-state index contributed by atoms with van der Waals surface area (Å²) < 4.78 is 0. The Kier molecular flexibility index (Phi) is 5.79. The molecule has 1 aromatic rings. The number of rotatable bonds is 4. The van der Waals surface area contributed by atoms with E-state index in [1.54, 1.807) is 12.1 Å². The van der Waals surface area contributed by atoms with E-state index < -0.39 is 10.8 Å². The highest BCUT2D eigenvalue weighted by atomic mass is 32.1. The predicted octanol–water partition coefficient (Wildman–Crippen LogP) is 2.01. The van der Waals surface area contributed by atoms with E-state index in [2.05, 4.69) is 10.6 Å². The van der Waals surface area contributed by atoms with Crippen LogP contribution < -0.4 is 10.6 Å². The second-order valence-corrected chi connectivity index (χ2v) is 4.71. The zero-order valence-corrected chi connectivity index (χ0v) is 11.9. The Labute approximate surface area is 122 Å². The number of hydrogen-bond acceptors (Lipinski definition) is 4. The number of carbonyl (C=O) groups excluding carboxylic acids is 1. The topological polar surface area (TPSA) is 84.3 Å². The Morgan fingerprint density at radius 2 is 2.15 bits per heavy atom. The molecule has 6 nitrogen and oxygen atoms in total. The molecule has 0 spiro atoms. The third-order valence-electron chi connectivity index (χ3n) is 2.16. The van der Waals surface area contributed by atoms with Gasteiger partial charge >= 0.3 is 0 Å². The number of amides is 1. The molecule has 0 fully saturated rings. The molecule has 0 aliphatic rings. The van der Waals surface area contributed by atoms with Crippen molar-refractivity contribution >= 4 is 35.0 Å². The molecule has 7 heteroatoms. The molecule has 2 N–H and O–H groups in total. The van der Waals surface area contributed by atoms with Crippen LogP contribution in [-0.4, -0.2) is 22.0 Å². The van der Waals surface area contributed by atoms with Crippen molar-refractivity contribution in [1.82, 2.24) is 10.6 Å². The van der Waals surface area contributed by atoms with Crippen molar-refractivity contribution < 1.29 is 9.72 Å². The summed E-state index contributed by atoms with van der Waals surface area (Å²) in [6.45, 7) is 3.80. The molecule has 0 saturated carbocycles. The maximum absolute atomic E-state index is 11.6. The molecule has 0 aromatic heterocycles. The first-order valence-corrected chi connectivity index (χ1v) is 6.33. The number of carbonyl (C=O) groups is 1. The van der Waals surface area contributed by atoms with Crippen molar-refractivity contribution in [1.29, 1.82) is 0 Å². The lowest BCUT2D eigenvalue weighted by Crippen LogP contribution is -2.41. The minimum Gasteiger partial charge on any atom is -0.360 e. The van der Waals surface area contributed by atoms with Crippen LogP contribution in [0.3, 0.4) is 0 Å². The quantitative estimate of drug-likeness (QED) is 0.384. The van der Waals surface area contributed by atoms with Crippen molar-refractivity contribution in [2.45, 2.75) is 19.9 Å². The number of benzene rings is 1. The Hall–Kier alpha value is -2.28. The molecule has 0 atom stereocenters. The minimum absolute atomic E-state index is 0.0236. The highest BCUT2D eigenvalue weighted by Gasteiger charge is 2.05. The summed E-state index contributed by atoms with van der Waals surface area (Å²) in [6.07, 6.45) is 2.76. The molecular formula is C13H15N3O3S. The third-order valence-corrected chi connectivity index (χ3v) is 2.38. The summed E-state index contributed by atoms with van der Waals surface area (Å²) in [5, 5.41) is 16.2. The van der Waals surface area contributed by atoms with Gasteiger partial charge in [0.2, 0.25) is 5.91 Å². The SMILES string of the molecule is CC(C)NC(=S)NC(=O)/C=C/c1cccc([N+](=O)[O-])c1. The van der Waals surface area contributed by atoms with Gasteiger partial charge in [0.05, 0.1) is 4.92 Å². The Bertz CT molecular complexity index is 556. The highest BCUT2D eigenvalue weighted by Crippen LogP contribution is 2.13. The van der Waals surface area contributed by atoms with Crippen LogP contribution in [0.2, 0.25) is 0 Å². The van der Waals surface area contributed by atoms with Crippen LogP contribution in [0.1, 0.15) is 19.4 Å². The van der Waals surface area contributed by atoms with Crippen LogP contribution in [0.4, 0.5) is 5.69 Å². The fourth-order valence-corrected chi connectivity index (χ4v) is 1.70. The van der Waals surface area contributed by atoms with Gasteiger partial charge in [-0.1, -0.05) is 12.1 Å². The van der Waals surface area contributed by atoms with E-state index >= 15 is 0 Å². The summed E-state index contributed by atoms with van der Waals surface area (Å²) >= 11 is 4.93.